The fourth-order valence-electron chi connectivity index (χ4n) is 12.6. The molecule has 3 nitrogen and oxygen atoms in total. The number of hydrogen-bond acceptors (Lipinski definition) is 4. The van der Waals surface area contributed by atoms with Gasteiger partial charge >= 0.3 is 0 Å². The third-order valence-electron chi connectivity index (χ3n) is 17.6. The Labute approximate surface area is 439 Å². The standard InChI is InChI=1S/C68H72BN2OS/c1-63(2,3)41-25-29-54(46(34-41)40-20-16-15-17-21-40)71-55-38-47-44-22-18-19-23-56(44)72-61(47)58(60(55)69-59-48-37-51-52(39-57(48)73-62(59)71)68(13,14)33-32-67(51,11)12)45-27-24-42(64(4,5)6)35-53(45)70-43-26-28-49-50(36-43)66(9,10)31-30-65(49,7)8/h15-29,34-39,70H,30-33H2,1-14H3. The summed E-state index contributed by atoms with van der Waals surface area (Å²) in [5, 5.41) is 8.93. The van der Waals surface area contributed by atoms with Gasteiger partial charge in [0.05, 0.1) is 10.7 Å². The molecule has 2 aromatic heterocycles. The van der Waals surface area contributed by atoms with E-state index >= 15 is 0 Å². The van der Waals surface area contributed by atoms with Crippen LogP contribution in [0.15, 0.2) is 132 Å². The molecule has 12 rings (SSSR count). The fourth-order valence-corrected chi connectivity index (χ4v) is 13.9. The van der Waals surface area contributed by atoms with Crippen LogP contribution in [0.4, 0.5) is 27.8 Å². The van der Waals surface area contributed by atoms with Gasteiger partial charge in [-0.2, -0.15) is 0 Å². The molecule has 0 saturated heterocycles. The quantitative estimate of drug-likeness (QED) is 0.174. The van der Waals surface area contributed by atoms with Gasteiger partial charge in [0.1, 0.15) is 11.2 Å². The second kappa shape index (κ2) is 16.2. The number of nitrogens with zero attached hydrogens (tertiary/aromatic N) is 1. The van der Waals surface area contributed by atoms with Crippen LogP contribution in [0.5, 0.6) is 0 Å². The monoisotopic (exact) mass is 976 g/mol. The van der Waals surface area contributed by atoms with E-state index in [0.717, 1.165) is 68.4 Å². The summed E-state index contributed by atoms with van der Waals surface area (Å²) in [6.07, 6.45) is 4.69. The molecule has 3 aliphatic rings. The zero-order chi connectivity index (χ0) is 51.4. The Morgan fingerprint density at radius 2 is 1.12 bits per heavy atom. The van der Waals surface area contributed by atoms with E-state index in [9.17, 15) is 0 Å². The van der Waals surface area contributed by atoms with E-state index in [2.05, 4.69) is 242 Å². The van der Waals surface area contributed by atoms with Gasteiger partial charge < -0.3 is 14.6 Å². The Bertz CT molecular complexity index is 3720. The van der Waals surface area contributed by atoms with Crippen LogP contribution >= 0.6 is 11.3 Å². The summed E-state index contributed by atoms with van der Waals surface area (Å²) in [4.78, 5) is 2.63. The molecule has 369 valence electrons. The summed E-state index contributed by atoms with van der Waals surface area (Å²) in [6, 6.07) is 48.8. The first-order valence-electron chi connectivity index (χ1n) is 26.9. The van der Waals surface area contributed by atoms with Crippen LogP contribution < -0.4 is 21.1 Å². The van der Waals surface area contributed by atoms with E-state index < -0.39 is 0 Å². The normalized spacial score (nSPS) is 17.5. The SMILES string of the molecule is CC(C)(C)c1ccc(-c2c3c(cc4c2oc2ccccc24)N(c2ccc(C(C)(C)C)cc2-c2ccccc2)c2sc4cc5c(cc4c2[B]3)C(C)(C)CCC5(C)C)c(Nc2ccc3c(c2)C(C)(C)CCC3(C)C)c1. The summed E-state index contributed by atoms with van der Waals surface area (Å²) < 4.78 is 8.57. The average Bonchev–Trinajstić information content (AvgIpc) is 3.90. The maximum absolute atomic E-state index is 7.24. The lowest BCUT2D eigenvalue weighted by atomic mass is 9.57. The van der Waals surface area contributed by atoms with Gasteiger partial charge in [0, 0.05) is 49.2 Å². The second-order valence-corrected chi connectivity index (χ2v) is 27.7. The molecule has 73 heavy (non-hydrogen) atoms. The van der Waals surface area contributed by atoms with Crippen molar-refractivity contribution in [1.82, 2.24) is 0 Å². The van der Waals surface area contributed by atoms with Crippen molar-refractivity contribution in [1.29, 1.82) is 0 Å². The molecule has 1 aliphatic heterocycles. The molecule has 3 heterocycles. The van der Waals surface area contributed by atoms with E-state index in [0.29, 0.717) is 0 Å². The summed E-state index contributed by atoms with van der Waals surface area (Å²) in [5.74, 6) is 0. The van der Waals surface area contributed by atoms with Crippen LogP contribution in [0.2, 0.25) is 0 Å². The zero-order valence-corrected chi connectivity index (χ0v) is 46.6. The van der Waals surface area contributed by atoms with Crippen molar-refractivity contribution in [2.75, 3.05) is 10.2 Å². The maximum atomic E-state index is 7.24. The van der Waals surface area contributed by atoms with Crippen molar-refractivity contribution in [2.45, 2.75) is 155 Å². The highest BCUT2D eigenvalue weighted by Gasteiger charge is 2.41. The predicted molar refractivity (Wildman–Crippen MR) is 317 cm³/mol. The molecule has 0 atom stereocenters. The number of hydrogen-bond donors (Lipinski definition) is 1. The van der Waals surface area contributed by atoms with Gasteiger partial charge in [-0.25, -0.2) is 0 Å². The van der Waals surface area contributed by atoms with Crippen LogP contribution in [0.1, 0.15) is 156 Å². The van der Waals surface area contributed by atoms with Gasteiger partial charge in [-0.15, -0.1) is 11.3 Å². The first-order valence-corrected chi connectivity index (χ1v) is 27.7. The minimum absolute atomic E-state index is 0.0429. The summed E-state index contributed by atoms with van der Waals surface area (Å²) >= 11 is 1.95. The van der Waals surface area contributed by atoms with Gasteiger partial charge in [0.2, 0.25) is 0 Å². The molecule has 5 heteroatoms. The van der Waals surface area contributed by atoms with Crippen LogP contribution in [0, 0.1) is 0 Å². The Balaban J connectivity index is 1.19. The largest absolute Gasteiger partial charge is 0.455 e. The number of furan rings is 1. The molecule has 0 bridgehead atoms. The molecule has 0 amide bonds. The number of nitrogens with one attached hydrogen (secondary N) is 1. The first kappa shape index (κ1) is 47.9. The highest BCUT2D eigenvalue weighted by molar-refractivity contribution is 7.25. The van der Waals surface area contributed by atoms with Crippen molar-refractivity contribution in [3.63, 3.8) is 0 Å². The Hall–Kier alpha value is -6.04. The lowest BCUT2D eigenvalue weighted by molar-refractivity contribution is 0.332. The van der Waals surface area contributed by atoms with E-state index in [4.69, 9.17) is 4.42 Å². The molecule has 0 fully saturated rings. The highest BCUT2D eigenvalue weighted by Crippen LogP contribution is 2.54. The smallest absolute Gasteiger partial charge is 0.200 e. The highest BCUT2D eigenvalue weighted by atomic mass is 32.1. The number of benzene rings is 7. The minimum atomic E-state index is -0.0798. The van der Waals surface area contributed by atoms with E-state index in [1.54, 1.807) is 0 Å². The van der Waals surface area contributed by atoms with E-state index in [1.807, 2.05) is 11.3 Å². The number of thiophene rings is 1. The molecule has 1 radical (unpaired) electrons. The maximum Gasteiger partial charge on any atom is 0.200 e. The number of anilines is 5. The van der Waals surface area contributed by atoms with Crippen LogP contribution in [-0.4, -0.2) is 7.28 Å². The van der Waals surface area contributed by atoms with Crippen LogP contribution in [-0.2, 0) is 32.5 Å². The first-order chi connectivity index (χ1) is 34.4. The second-order valence-electron chi connectivity index (χ2n) is 26.6. The molecular formula is C68H72BN2OS. The summed E-state index contributed by atoms with van der Waals surface area (Å²) in [7, 11) is 2.53. The van der Waals surface area contributed by atoms with Crippen molar-refractivity contribution in [3.05, 3.63) is 161 Å². The topological polar surface area (TPSA) is 28.4 Å². The molecule has 2 aliphatic carbocycles. The van der Waals surface area contributed by atoms with Gasteiger partial charge in [-0.3, -0.25) is 0 Å². The molecular weight excluding hydrogens is 904 g/mol. The van der Waals surface area contributed by atoms with Gasteiger partial charge in [-0.05, 0) is 168 Å². The molecule has 0 saturated carbocycles. The molecule has 0 spiro atoms. The molecule has 1 N–H and O–H groups in total. The molecule has 0 unspecified atom stereocenters. The number of para-hydroxylation sites is 1. The summed E-state index contributed by atoms with van der Waals surface area (Å²) in [6.45, 7) is 33.4. The van der Waals surface area contributed by atoms with Crippen molar-refractivity contribution >= 4 is 89.3 Å². The lowest BCUT2D eigenvalue weighted by Gasteiger charge is -2.42. The van der Waals surface area contributed by atoms with Crippen molar-refractivity contribution < 1.29 is 4.42 Å². The van der Waals surface area contributed by atoms with E-state index in [-0.39, 0.29) is 32.5 Å². The lowest BCUT2D eigenvalue weighted by Crippen LogP contribution is -2.40. The van der Waals surface area contributed by atoms with Crippen LogP contribution in [0.3, 0.4) is 0 Å². The number of rotatable bonds is 5. The predicted octanol–water partition coefficient (Wildman–Crippen LogP) is 18.6. The Morgan fingerprint density at radius 1 is 0.521 bits per heavy atom. The Kier molecular flexibility index (Phi) is 10.7. The van der Waals surface area contributed by atoms with Gasteiger partial charge in [0.25, 0.3) is 0 Å². The van der Waals surface area contributed by atoms with Gasteiger partial charge in [0.15, 0.2) is 7.28 Å². The third kappa shape index (κ3) is 7.80. The zero-order valence-electron chi connectivity index (χ0n) is 45.8. The van der Waals surface area contributed by atoms with Crippen molar-refractivity contribution in [2.24, 2.45) is 0 Å². The third-order valence-corrected chi connectivity index (χ3v) is 18.7. The summed E-state index contributed by atoms with van der Waals surface area (Å²) in [5.41, 5.74) is 22.1. The Morgan fingerprint density at radius 3 is 1.81 bits per heavy atom. The average molecular weight is 976 g/mol. The van der Waals surface area contributed by atoms with Crippen molar-refractivity contribution in [3.8, 4) is 22.3 Å². The van der Waals surface area contributed by atoms with Crippen LogP contribution in [0.25, 0.3) is 54.3 Å². The molecule has 9 aromatic rings. The van der Waals surface area contributed by atoms with Gasteiger partial charge in [-0.1, -0.05) is 170 Å². The molecule has 7 aromatic carbocycles. The fraction of sp³-hybridized carbons (Fsp3) is 0.353. The number of fused-ring (bicyclic) bond motifs is 9. The minimum Gasteiger partial charge on any atom is -0.455 e. The van der Waals surface area contributed by atoms with E-state index in [1.165, 1.54) is 83.6 Å².